The average molecular weight is 190 g/mol. The monoisotopic (exact) mass is 189 g/mol. The Morgan fingerprint density at radius 3 is 2.33 bits per heavy atom. The number of rotatable bonds is 2. The fraction of sp³-hybridized carbons (Fsp3) is 0.250. The highest BCUT2D eigenvalue weighted by Crippen LogP contribution is 2.23. The first-order valence-corrected chi connectivity index (χ1v) is 3.77. The zero-order valence-corrected chi connectivity index (χ0v) is 7.31. The largest absolute Gasteiger partial charge is 0.445 e. The minimum absolute atomic E-state index is 0.351. The van der Waals surface area contributed by atoms with Crippen LogP contribution in [0.5, 0.6) is 5.75 Å². The van der Waals surface area contributed by atoms with Gasteiger partial charge in [0.2, 0.25) is 0 Å². The topological polar surface area (TPSA) is 35.2 Å². The summed E-state index contributed by atoms with van der Waals surface area (Å²) in [5, 5.41) is -2.17. The van der Waals surface area contributed by atoms with Crippen molar-refractivity contribution < 1.29 is 9.13 Å². The molecular formula is C8H9ClFNO. The second-order valence-electron chi connectivity index (χ2n) is 2.48. The van der Waals surface area contributed by atoms with Crippen LogP contribution >= 0.6 is 11.6 Å². The van der Waals surface area contributed by atoms with Gasteiger partial charge in [-0.1, -0.05) is 0 Å². The van der Waals surface area contributed by atoms with Crippen LogP contribution in [0.1, 0.15) is 6.92 Å². The van der Waals surface area contributed by atoms with Gasteiger partial charge in [0.25, 0.3) is 0 Å². The number of hydrogen-bond donors (Lipinski definition) is 1. The number of alkyl halides is 2. The molecule has 0 aliphatic heterocycles. The Morgan fingerprint density at radius 1 is 1.42 bits per heavy atom. The van der Waals surface area contributed by atoms with Gasteiger partial charge in [-0.3, -0.25) is 0 Å². The van der Waals surface area contributed by atoms with Crippen LogP contribution in [0, 0.1) is 0 Å². The summed E-state index contributed by atoms with van der Waals surface area (Å²) in [7, 11) is 0. The minimum Gasteiger partial charge on any atom is -0.445 e. The van der Waals surface area contributed by atoms with Crippen molar-refractivity contribution >= 4 is 17.3 Å². The van der Waals surface area contributed by atoms with Crippen molar-refractivity contribution in [2.75, 3.05) is 5.73 Å². The Morgan fingerprint density at radius 2 is 1.92 bits per heavy atom. The third kappa shape index (κ3) is 2.96. The highest BCUT2D eigenvalue weighted by molar-refractivity contribution is 6.21. The predicted octanol–water partition coefficient (Wildman–Crippen LogP) is 2.53. The van der Waals surface area contributed by atoms with Gasteiger partial charge in [0.1, 0.15) is 5.75 Å². The smallest absolute Gasteiger partial charge is 0.324 e. The summed E-state index contributed by atoms with van der Waals surface area (Å²) in [6, 6.07) is 6.32. The molecule has 1 unspecified atom stereocenters. The van der Waals surface area contributed by atoms with Gasteiger partial charge >= 0.3 is 5.31 Å². The molecule has 0 saturated carbocycles. The summed E-state index contributed by atoms with van der Waals surface area (Å²) in [4.78, 5) is 0. The molecule has 0 fully saturated rings. The first-order valence-electron chi connectivity index (χ1n) is 3.40. The van der Waals surface area contributed by atoms with Gasteiger partial charge in [-0.25, -0.2) is 0 Å². The van der Waals surface area contributed by atoms with Gasteiger partial charge in [-0.05, 0) is 35.9 Å². The lowest BCUT2D eigenvalue weighted by Gasteiger charge is -2.14. The van der Waals surface area contributed by atoms with Gasteiger partial charge in [-0.2, -0.15) is 4.39 Å². The SMILES string of the molecule is CC(F)(Cl)Oc1ccc(N)cc1. The molecule has 0 heterocycles. The van der Waals surface area contributed by atoms with E-state index < -0.39 is 5.31 Å². The first kappa shape index (κ1) is 9.13. The van der Waals surface area contributed by atoms with Crippen LogP contribution in [-0.2, 0) is 0 Å². The summed E-state index contributed by atoms with van der Waals surface area (Å²) in [5.74, 6) is 0.351. The lowest BCUT2D eigenvalue weighted by Crippen LogP contribution is -2.17. The molecule has 0 amide bonds. The molecule has 0 aliphatic rings. The molecule has 4 heteroatoms. The molecule has 1 aromatic rings. The third-order valence-corrected chi connectivity index (χ3v) is 1.25. The van der Waals surface area contributed by atoms with E-state index in [0.717, 1.165) is 6.92 Å². The molecule has 66 valence electrons. The van der Waals surface area contributed by atoms with Crippen LogP contribution in [0.25, 0.3) is 0 Å². The maximum absolute atomic E-state index is 12.7. The number of nitrogen functional groups attached to an aromatic ring is 1. The third-order valence-electron chi connectivity index (χ3n) is 1.18. The van der Waals surface area contributed by atoms with Gasteiger partial charge < -0.3 is 10.5 Å². The van der Waals surface area contributed by atoms with Gasteiger partial charge in [0.15, 0.2) is 0 Å². The zero-order valence-electron chi connectivity index (χ0n) is 6.55. The van der Waals surface area contributed by atoms with Crippen LogP contribution < -0.4 is 10.5 Å². The fourth-order valence-corrected chi connectivity index (χ4v) is 0.832. The lowest BCUT2D eigenvalue weighted by molar-refractivity contribution is 0.0400. The number of ether oxygens (including phenoxy) is 1. The summed E-state index contributed by atoms with van der Waals surface area (Å²) < 4.78 is 17.4. The Balaban J connectivity index is 2.71. The van der Waals surface area contributed by atoms with Crippen molar-refractivity contribution in [3.05, 3.63) is 24.3 Å². The van der Waals surface area contributed by atoms with E-state index in [2.05, 4.69) is 0 Å². The van der Waals surface area contributed by atoms with Gasteiger partial charge in [0, 0.05) is 12.6 Å². The minimum atomic E-state index is -2.17. The van der Waals surface area contributed by atoms with Crippen molar-refractivity contribution in [1.82, 2.24) is 0 Å². The molecule has 0 aliphatic carbocycles. The van der Waals surface area contributed by atoms with Crippen LogP contribution in [0.2, 0.25) is 0 Å². The Labute approximate surface area is 75.1 Å². The molecule has 0 aromatic heterocycles. The zero-order chi connectivity index (χ0) is 9.19. The van der Waals surface area contributed by atoms with Crippen molar-refractivity contribution in [3.63, 3.8) is 0 Å². The molecule has 0 radical (unpaired) electrons. The van der Waals surface area contributed by atoms with E-state index in [-0.39, 0.29) is 0 Å². The standard InChI is InChI=1S/C8H9ClFNO/c1-8(9,10)12-7-4-2-6(11)3-5-7/h2-5H,11H2,1H3. The molecule has 2 N–H and O–H groups in total. The van der Waals surface area contributed by atoms with E-state index in [9.17, 15) is 4.39 Å². The molecular weight excluding hydrogens is 181 g/mol. The van der Waals surface area contributed by atoms with E-state index in [4.69, 9.17) is 22.1 Å². The first-order chi connectivity index (χ1) is 5.47. The quantitative estimate of drug-likeness (QED) is 0.573. The number of anilines is 1. The molecule has 0 bridgehead atoms. The molecule has 1 atom stereocenters. The average Bonchev–Trinajstić information content (AvgIpc) is 1.91. The van der Waals surface area contributed by atoms with Crippen molar-refractivity contribution in [3.8, 4) is 5.75 Å². The molecule has 1 aromatic carbocycles. The molecule has 0 saturated heterocycles. The van der Waals surface area contributed by atoms with Crippen LogP contribution in [0.15, 0.2) is 24.3 Å². The van der Waals surface area contributed by atoms with Crippen LogP contribution in [-0.4, -0.2) is 5.31 Å². The predicted molar refractivity (Wildman–Crippen MR) is 46.8 cm³/mol. The fourth-order valence-electron chi connectivity index (χ4n) is 0.743. The van der Waals surface area contributed by atoms with Crippen molar-refractivity contribution in [2.45, 2.75) is 12.2 Å². The number of halogens is 2. The molecule has 2 nitrogen and oxygen atoms in total. The summed E-state index contributed by atoms with van der Waals surface area (Å²) in [6.45, 7) is 1.12. The van der Waals surface area contributed by atoms with Crippen LogP contribution in [0.3, 0.4) is 0 Å². The van der Waals surface area contributed by atoms with Crippen molar-refractivity contribution in [2.24, 2.45) is 0 Å². The second-order valence-corrected chi connectivity index (χ2v) is 3.15. The summed E-state index contributed by atoms with van der Waals surface area (Å²) in [5.41, 5.74) is 6.00. The Kier molecular flexibility index (Phi) is 2.43. The van der Waals surface area contributed by atoms with Crippen LogP contribution in [0.4, 0.5) is 10.1 Å². The summed E-state index contributed by atoms with van der Waals surface area (Å²) >= 11 is 5.19. The molecule has 0 spiro atoms. The van der Waals surface area contributed by atoms with E-state index in [1.807, 2.05) is 0 Å². The number of nitrogens with two attached hydrogens (primary N) is 1. The Bertz CT molecular complexity index is 255. The van der Waals surface area contributed by atoms with E-state index >= 15 is 0 Å². The van der Waals surface area contributed by atoms with Gasteiger partial charge in [0.05, 0.1) is 0 Å². The van der Waals surface area contributed by atoms with E-state index in [0.29, 0.717) is 11.4 Å². The highest BCUT2D eigenvalue weighted by Gasteiger charge is 2.19. The lowest BCUT2D eigenvalue weighted by atomic mass is 10.3. The van der Waals surface area contributed by atoms with E-state index in [1.54, 1.807) is 24.3 Å². The number of hydrogen-bond acceptors (Lipinski definition) is 2. The second kappa shape index (κ2) is 3.19. The maximum atomic E-state index is 12.7. The molecule has 12 heavy (non-hydrogen) atoms. The summed E-state index contributed by atoms with van der Waals surface area (Å²) in [6.07, 6.45) is 0. The number of benzene rings is 1. The van der Waals surface area contributed by atoms with E-state index in [1.165, 1.54) is 0 Å². The molecule has 1 rings (SSSR count). The normalized spacial score (nSPS) is 15.2. The van der Waals surface area contributed by atoms with Gasteiger partial charge in [-0.15, -0.1) is 0 Å². The maximum Gasteiger partial charge on any atom is 0.324 e. The van der Waals surface area contributed by atoms with Crippen molar-refractivity contribution in [1.29, 1.82) is 0 Å². The highest BCUT2D eigenvalue weighted by atomic mass is 35.5. The Hall–Kier alpha value is -0.960.